The number of halogens is 1. The second kappa shape index (κ2) is 10.6. The zero-order valence-electron chi connectivity index (χ0n) is 18.0. The van der Waals surface area contributed by atoms with Crippen LogP contribution < -0.4 is 20.3 Å². The average Bonchev–Trinajstić information content (AvgIpc) is 2.71. The molecule has 0 bridgehead atoms. The maximum Gasteiger partial charge on any atom is 0.304 e. The monoisotopic (exact) mass is 433 g/mol. The van der Waals surface area contributed by atoms with Crippen LogP contribution in [0.2, 0.25) is 0 Å². The van der Waals surface area contributed by atoms with E-state index in [0.29, 0.717) is 23.6 Å². The first-order valence-corrected chi connectivity index (χ1v) is 9.86. The van der Waals surface area contributed by atoms with E-state index in [1.165, 1.54) is 13.0 Å². The summed E-state index contributed by atoms with van der Waals surface area (Å²) in [7, 11) is 0. The molecule has 8 nitrogen and oxygen atoms in total. The summed E-state index contributed by atoms with van der Waals surface area (Å²) < 4.78 is 31.5. The first-order valence-electron chi connectivity index (χ1n) is 9.86. The molecule has 2 aromatic carbocycles. The fraction of sp³-hybridized carbons (Fsp3) is 0.364. The van der Waals surface area contributed by atoms with E-state index in [0.717, 1.165) is 0 Å². The Bertz CT molecular complexity index is 920. The predicted molar refractivity (Wildman–Crippen MR) is 114 cm³/mol. The Morgan fingerprint density at radius 1 is 1.16 bits per heavy atom. The summed E-state index contributed by atoms with van der Waals surface area (Å²) in [6, 6.07) is 9.56. The molecule has 2 rings (SSSR count). The molecule has 0 saturated heterocycles. The summed E-state index contributed by atoms with van der Waals surface area (Å²) in [6.45, 7) is 7.18. The smallest absolute Gasteiger partial charge is 0.304 e. The van der Waals surface area contributed by atoms with E-state index >= 15 is 4.39 Å². The second-order valence-electron chi connectivity index (χ2n) is 6.95. The van der Waals surface area contributed by atoms with Crippen LogP contribution in [0, 0.1) is 11.2 Å². The number of carbonyl (C=O) groups excluding carboxylic acids is 1. The summed E-state index contributed by atoms with van der Waals surface area (Å²) >= 11 is 0. The van der Waals surface area contributed by atoms with Crippen molar-refractivity contribution in [1.29, 1.82) is 5.41 Å². The molecule has 0 aliphatic rings. The van der Waals surface area contributed by atoms with Crippen molar-refractivity contribution >= 4 is 17.5 Å². The highest BCUT2D eigenvalue weighted by Crippen LogP contribution is 2.31. The predicted octanol–water partition coefficient (Wildman–Crippen LogP) is 3.86. The number of rotatable bonds is 10. The summed E-state index contributed by atoms with van der Waals surface area (Å²) in [4.78, 5) is 11.8. The van der Waals surface area contributed by atoms with Crippen LogP contribution in [0.3, 0.4) is 0 Å². The summed E-state index contributed by atoms with van der Waals surface area (Å²) in [6.07, 6.45) is -0.00479. The number of nitrogens with one attached hydrogen (secondary N) is 3. The van der Waals surface area contributed by atoms with Crippen molar-refractivity contribution < 1.29 is 28.6 Å². The molecule has 1 atom stereocenters. The topological polar surface area (TPSA) is 113 Å². The maximum absolute atomic E-state index is 15.1. The van der Waals surface area contributed by atoms with E-state index < -0.39 is 17.5 Å². The molecule has 1 unspecified atom stereocenters. The van der Waals surface area contributed by atoms with Crippen LogP contribution >= 0.6 is 0 Å². The van der Waals surface area contributed by atoms with Crippen LogP contribution in [-0.4, -0.2) is 36.0 Å². The lowest BCUT2D eigenvalue weighted by Gasteiger charge is -2.32. The van der Waals surface area contributed by atoms with Crippen molar-refractivity contribution in [2.24, 2.45) is 0 Å². The Kier molecular flexibility index (Phi) is 8.21. The Hall–Kier alpha value is -3.33. The summed E-state index contributed by atoms with van der Waals surface area (Å²) in [5.41, 5.74) is 1.78. The highest BCUT2D eigenvalue weighted by Gasteiger charge is 2.30. The molecular formula is C22H28FN3O5. The van der Waals surface area contributed by atoms with Crippen LogP contribution in [0.15, 0.2) is 36.4 Å². The Morgan fingerprint density at radius 2 is 1.81 bits per heavy atom. The number of anilines is 1. The molecule has 4 N–H and O–H groups in total. The van der Waals surface area contributed by atoms with E-state index in [2.05, 4.69) is 5.32 Å². The van der Waals surface area contributed by atoms with Crippen LogP contribution in [0.25, 0.3) is 0 Å². The Morgan fingerprint density at radius 3 is 2.35 bits per heavy atom. The lowest BCUT2D eigenvalue weighted by Crippen LogP contribution is -2.42. The Labute approximate surface area is 180 Å². The number of esters is 1. The number of ether oxygens (including phenoxy) is 3. The van der Waals surface area contributed by atoms with E-state index in [1.807, 2.05) is 6.92 Å². The fourth-order valence-corrected chi connectivity index (χ4v) is 3.14. The van der Waals surface area contributed by atoms with Crippen LogP contribution in [0.5, 0.6) is 11.5 Å². The second-order valence-corrected chi connectivity index (χ2v) is 6.95. The quantitative estimate of drug-likeness (QED) is 0.148. The molecule has 168 valence electrons. The van der Waals surface area contributed by atoms with Crippen molar-refractivity contribution in [2.75, 3.05) is 18.5 Å². The van der Waals surface area contributed by atoms with Crippen LogP contribution in [0.4, 0.5) is 10.1 Å². The lowest BCUT2D eigenvalue weighted by atomic mass is 10.0. The first kappa shape index (κ1) is 23.9. The third-order valence-electron chi connectivity index (χ3n) is 4.29. The molecule has 0 aromatic heterocycles. The van der Waals surface area contributed by atoms with E-state index in [9.17, 15) is 4.79 Å². The van der Waals surface area contributed by atoms with Gasteiger partial charge < -0.3 is 19.5 Å². The van der Waals surface area contributed by atoms with Gasteiger partial charge >= 0.3 is 5.97 Å². The molecule has 0 aliphatic carbocycles. The minimum absolute atomic E-state index is 0.00479. The SMILES string of the molecule is CCOc1cc(CC(C)(Nc2ccc(C(=N)NO)cc2)OC(C)=O)c(F)c(OCC)c1. The summed E-state index contributed by atoms with van der Waals surface area (Å²) in [5, 5.41) is 19.5. The van der Waals surface area contributed by atoms with Gasteiger partial charge in [0.25, 0.3) is 0 Å². The van der Waals surface area contributed by atoms with Gasteiger partial charge in [0.05, 0.1) is 13.2 Å². The van der Waals surface area contributed by atoms with Crippen molar-refractivity contribution in [3.05, 3.63) is 53.3 Å². The minimum atomic E-state index is -1.29. The molecule has 0 saturated carbocycles. The molecule has 0 radical (unpaired) electrons. The van der Waals surface area contributed by atoms with Gasteiger partial charge in [-0.2, -0.15) is 0 Å². The van der Waals surface area contributed by atoms with Gasteiger partial charge in [0.1, 0.15) is 11.6 Å². The third kappa shape index (κ3) is 6.58. The number of carbonyl (C=O) groups is 1. The van der Waals surface area contributed by atoms with Gasteiger partial charge in [-0.15, -0.1) is 0 Å². The molecule has 0 amide bonds. The first-order chi connectivity index (χ1) is 14.7. The van der Waals surface area contributed by atoms with E-state index in [-0.39, 0.29) is 30.2 Å². The maximum atomic E-state index is 15.1. The van der Waals surface area contributed by atoms with Crippen molar-refractivity contribution in [3.8, 4) is 11.5 Å². The standard InChI is InChI=1S/C22H28FN3O5/c1-5-29-18-11-16(20(23)19(12-18)30-6-2)13-22(4,31-14(3)27)25-17-9-7-15(8-10-17)21(24)26-28/h7-12,25,28H,5-6,13H2,1-4H3,(H2,24,26). The molecule has 0 fully saturated rings. The fourth-order valence-electron chi connectivity index (χ4n) is 3.14. The number of benzene rings is 2. The summed E-state index contributed by atoms with van der Waals surface area (Å²) in [5.74, 6) is -0.736. The average molecular weight is 433 g/mol. The van der Waals surface area contributed by atoms with E-state index in [1.54, 1.807) is 49.7 Å². The molecule has 0 heterocycles. The van der Waals surface area contributed by atoms with Crippen molar-refractivity contribution in [3.63, 3.8) is 0 Å². The number of hydroxylamine groups is 1. The highest BCUT2D eigenvalue weighted by molar-refractivity contribution is 5.95. The zero-order chi connectivity index (χ0) is 23.0. The Balaban J connectivity index is 2.37. The number of hydrogen-bond donors (Lipinski definition) is 4. The molecule has 0 spiro atoms. The molecule has 31 heavy (non-hydrogen) atoms. The molecule has 2 aromatic rings. The van der Waals surface area contributed by atoms with Gasteiger partial charge in [0.15, 0.2) is 17.3 Å². The normalized spacial score (nSPS) is 12.5. The molecular weight excluding hydrogens is 405 g/mol. The largest absolute Gasteiger partial charge is 0.494 e. The van der Waals surface area contributed by atoms with Crippen LogP contribution in [-0.2, 0) is 16.0 Å². The van der Waals surface area contributed by atoms with Gasteiger partial charge in [-0.1, -0.05) is 0 Å². The minimum Gasteiger partial charge on any atom is -0.494 e. The van der Waals surface area contributed by atoms with Gasteiger partial charge in [-0.05, 0) is 51.1 Å². The van der Waals surface area contributed by atoms with Gasteiger partial charge in [-0.25, -0.2) is 4.39 Å². The van der Waals surface area contributed by atoms with Crippen LogP contribution in [0.1, 0.15) is 38.8 Å². The third-order valence-corrected chi connectivity index (χ3v) is 4.29. The van der Waals surface area contributed by atoms with Crippen molar-refractivity contribution in [2.45, 2.75) is 39.8 Å². The lowest BCUT2D eigenvalue weighted by molar-refractivity contribution is -0.152. The highest BCUT2D eigenvalue weighted by atomic mass is 19.1. The number of amidine groups is 1. The van der Waals surface area contributed by atoms with Gasteiger partial charge in [0, 0.05) is 36.2 Å². The van der Waals surface area contributed by atoms with Gasteiger partial charge in [-0.3, -0.25) is 20.9 Å². The van der Waals surface area contributed by atoms with Gasteiger partial charge in [0.2, 0.25) is 0 Å². The zero-order valence-corrected chi connectivity index (χ0v) is 18.0. The van der Waals surface area contributed by atoms with Crippen molar-refractivity contribution in [1.82, 2.24) is 5.48 Å². The van der Waals surface area contributed by atoms with E-state index in [4.69, 9.17) is 24.8 Å². The molecule has 0 aliphatic heterocycles. The molecule has 9 heteroatoms. The number of hydrogen-bond acceptors (Lipinski definition) is 7.